The first-order chi connectivity index (χ1) is 4.74. The van der Waals surface area contributed by atoms with Crippen LogP contribution in [0.1, 0.15) is 26.2 Å². The number of hydrogen-bond acceptors (Lipinski definition) is 2. The molecular formula is C8H17NO. The Kier molecular flexibility index (Phi) is 2.69. The molecule has 3 atom stereocenters. The maximum absolute atomic E-state index is 5.84. The quantitative estimate of drug-likeness (QED) is 0.597. The zero-order valence-electron chi connectivity index (χ0n) is 6.84. The normalized spacial score (nSPS) is 41.7. The van der Waals surface area contributed by atoms with Gasteiger partial charge in [0.1, 0.15) is 0 Å². The molecule has 2 N–H and O–H groups in total. The van der Waals surface area contributed by atoms with Crippen molar-refractivity contribution in [2.24, 2.45) is 11.7 Å². The third-order valence-corrected chi connectivity index (χ3v) is 2.52. The molecule has 1 saturated carbocycles. The SMILES string of the molecule is COC1CCC(N)C(C)C1. The fourth-order valence-corrected chi connectivity index (χ4v) is 1.58. The molecular weight excluding hydrogens is 126 g/mol. The Morgan fingerprint density at radius 1 is 1.40 bits per heavy atom. The lowest BCUT2D eigenvalue weighted by atomic mass is 9.85. The van der Waals surface area contributed by atoms with E-state index >= 15 is 0 Å². The van der Waals surface area contributed by atoms with E-state index in [4.69, 9.17) is 10.5 Å². The molecule has 10 heavy (non-hydrogen) atoms. The summed E-state index contributed by atoms with van der Waals surface area (Å²) in [6.07, 6.45) is 3.87. The highest BCUT2D eigenvalue weighted by Gasteiger charge is 2.24. The third kappa shape index (κ3) is 1.70. The second kappa shape index (κ2) is 3.35. The van der Waals surface area contributed by atoms with Crippen molar-refractivity contribution < 1.29 is 4.74 Å². The lowest BCUT2D eigenvalue weighted by Gasteiger charge is -2.30. The van der Waals surface area contributed by atoms with Crippen LogP contribution in [0.25, 0.3) is 0 Å². The fraction of sp³-hybridized carbons (Fsp3) is 1.00. The van der Waals surface area contributed by atoms with Crippen molar-refractivity contribution in [2.45, 2.75) is 38.3 Å². The summed E-state index contributed by atoms with van der Waals surface area (Å²) in [5.74, 6) is 0.638. The van der Waals surface area contributed by atoms with Gasteiger partial charge in [-0.1, -0.05) is 6.92 Å². The summed E-state index contributed by atoms with van der Waals surface area (Å²) in [6, 6.07) is 0.409. The Balaban J connectivity index is 2.33. The van der Waals surface area contributed by atoms with Gasteiger partial charge >= 0.3 is 0 Å². The number of nitrogens with two attached hydrogens (primary N) is 1. The van der Waals surface area contributed by atoms with Crippen LogP contribution < -0.4 is 5.73 Å². The largest absolute Gasteiger partial charge is 0.381 e. The first-order valence-electron chi connectivity index (χ1n) is 4.02. The summed E-state index contributed by atoms with van der Waals surface area (Å²) in [5, 5.41) is 0. The van der Waals surface area contributed by atoms with Crippen LogP contribution in [-0.4, -0.2) is 19.3 Å². The Labute approximate surface area is 62.7 Å². The summed E-state index contributed by atoms with van der Waals surface area (Å²) in [7, 11) is 1.79. The molecule has 1 fully saturated rings. The topological polar surface area (TPSA) is 35.2 Å². The van der Waals surface area contributed by atoms with Gasteiger partial charge in [-0.15, -0.1) is 0 Å². The molecule has 2 nitrogen and oxygen atoms in total. The molecule has 1 aliphatic rings. The van der Waals surface area contributed by atoms with Crippen LogP contribution in [0.4, 0.5) is 0 Å². The minimum atomic E-state index is 0.409. The number of methoxy groups -OCH3 is 1. The van der Waals surface area contributed by atoms with Crippen molar-refractivity contribution >= 4 is 0 Å². The summed E-state index contributed by atoms with van der Waals surface area (Å²) < 4.78 is 5.25. The summed E-state index contributed by atoms with van der Waals surface area (Å²) >= 11 is 0. The van der Waals surface area contributed by atoms with Gasteiger partial charge in [-0.3, -0.25) is 0 Å². The number of hydrogen-bond donors (Lipinski definition) is 1. The van der Waals surface area contributed by atoms with Gasteiger partial charge in [-0.05, 0) is 25.2 Å². The molecule has 0 radical (unpaired) electrons. The van der Waals surface area contributed by atoms with E-state index in [0.717, 1.165) is 19.3 Å². The molecule has 0 aliphatic heterocycles. The average molecular weight is 143 g/mol. The van der Waals surface area contributed by atoms with E-state index in [-0.39, 0.29) is 0 Å². The average Bonchev–Trinajstić information content (AvgIpc) is 1.95. The molecule has 0 heterocycles. The number of rotatable bonds is 1. The molecule has 1 aliphatic carbocycles. The van der Waals surface area contributed by atoms with Crippen LogP contribution in [0.5, 0.6) is 0 Å². The Bertz CT molecular complexity index is 105. The van der Waals surface area contributed by atoms with E-state index in [1.165, 1.54) is 0 Å². The zero-order chi connectivity index (χ0) is 7.56. The van der Waals surface area contributed by atoms with Gasteiger partial charge in [0.15, 0.2) is 0 Å². The Hall–Kier alpha value is -0.0800. The van der Waals surface area contributed by atoms with Crippen LogP contribution in [0.2, 0.25) is 0 Å². The maximum Gasteiger partial charge on any atom is 0.0575 e. The minimum Gasteiger partial charge on any atom is -0.381 e. The predicted octanol–water partition coefficient (Wildman–Crippen LogP) is 1.15. The van der Waals surface area contributed by atoms with E-state index < -0.39 is 0 Å². The van der Waals surface area contributed by atoms with Gasteiger partial charge in [0, 0.05) is 13.2 Å². The smallest absolute Gasteiger partial charge is 0.0575 e. The van der Waals surface area contributed by atoms with Gasteiger partial charge in [0.25, 0.3) is 0 Å². The molecule has 2 heteroatoms. The summed E-state index contributed by atoms with van der Waals surface area (Å²) in [5.41, 5.74) is 5.84. The fourth-order valence-electron chi connectivity index (χ4n) is 1.58. The highest BCUT2D eigenvalue weighted by molar-refractivity contribution is 4.79. The van der Waals surface area contributed by atoms with E-state index in [1.807, 2.05) is 0 Å². The van der Waals surface area contributed by atoms with E-state index in [9.17, 15) is 0 Å². The molecule has 1 rings (SSSR count). The highest BCUT2D eigenvalue weighted by Crippen LogP contribution is 2.24. The van der Waals surface area contributed by atoms with Gasteiger partial charge in [-0.2, -0.15) is 0 Å². The van der Waals surface area contributed by atoms with Gasteiger partial charge in [0.05, 0.1) is 6.10 Å². The zero-order valence-corrected chi connectivity index (χ0v) is 6.84. The molecule has 0 aromatic carbocycles. The molecule has 60 valence electrons. The van der Waals surface area contributed by atoms with Crippen molar-refractivity contribution in [3.8, 4) is 0 Å². The van der Waals surface area contributed by atoms with Gasteiger partial charge in [0.2, 0.25) is 0 Å². The molecule has 0 aromatic heterocycles. The highest BCUT2D eigenvalue weighted by atomic mass is 16.5. The molecule has 0 amide bonds. The monoisotopic (exact) mass is 143 g/mol. The Morgan fingerprint density at radius 2 is 2.10 bits per heavy atom. The third-order valence-electron chi connectivity index (χ3n) is 2.52. The van der Waals surface area contributed by atoms with E-state index in [0.29, 0.717) is 18.1 Å². The Morgan fingerprint density at radius 3 is 2.60 bits per heavy atom. The lowest BCUT2D eigenvalue weighted by molar-refractivity contribution is 0.0476. The van der Waals surface area contributed by atoms with E-state index in [2.05, 4.69) is 6.92 Å². The molecule has 0 saturated heterocycles. The molecule has 0 bridgehead atoms. The van der Waals surface area contributed by atoms with E-state index in [1.54, 1.807) is 7.11 Å². The first-order valence-corrected chi connectivity index (χ1v) is 4.02. The van der Waals surface area contributed by atoms with Crippen LogP contribution in [0, 0.1) is 5.92 Å². The predicted molar refractivity (Wildman–Crippen MR) is 41.8 cm³/mol. The van der Waals surface area contributed by atoms with Crippen LogP contribution in [0.15, 0.2) is 0 Å². The second-order valence-corrected chi connectivity index (χ2v) is 3.31. The molecule has 0 spiro atoms. The minimum absolute atomic E-state index is 0.409. The first kappa shape index (κ1) is 8.02. The van der Waals surface area contributed by atoms with Crippen LogP contribution in [-0.2, 0) is 4.74 Å². The standard InChI is InChI=1S/C8H17NO/c1-6-5-7(10-2)3-4-8(6)9/h6-8H,3-5,9H2,1-2H3. The number of ether oxygens (including phenoxy) is 1. The molecule has 0 aromatic rings. The van der Waals surface area contributed by atoms with Crippen molar-refractivity contribution in [1.82, 2.24) is 0 Å². The molecule has 3 unspecified atom stereocenters. The summed E-state index contributed by atoms with van der Waals surface area (Å²) in [6.45, 7) is 2.20. The van der Waals surface area contributed by atoms with Crippen LogP contribution >= 0.6 is 0 Å². The van der Waals surface area contributed by atoms with Crippen molar-refractivity contribution in [3.05, 3.63) is 0 Å². The maximum atomic E-state index is 5.84. The van der Waals surface area contributed by atoms with Gasteiger partial charge in [-0.25, -0.2) is 0 Å². The van der Waals surface area contributed by atoms with Gasteiger partial charge < -0.3 is 10.5 Å². The summed E-state index contributed by atoms with van der Waals surface area (Å²) in [4.78, 5) is 0. The second-order valence-electron chi connectivity index (χ2n) is 3.31. The van der Waals surface area contributed by atoms with Crippen molar-refractivity contribution in [1.29, 1.82) is 0 Å². The van der Waals surface area contributed by atoms with Crippen molar-refractivity contribution in [2.75, 3.05) is 7.11 Å². The van der Waals surface area contributed by atoms with Crippen LogP contribution in [0.3, 0.4) is 0 Å². The van der Waals surface area contributed by atoms with Crippen molar-refractivity contribution in [3.63, 3.8) is 0 Å². The lowest BCUT2D eigenvalue weighted by Crippen LogP contribution is -2.36.